The molecule has 0 aliphatic carbocycles. The molecule has 0 radical (unpaired) electrons. The minimum absolute atomic E-state index is 0.315. The van der Waals surface area contributed by atoms with Crippen molar-refractivity contribution in [1.29, 1.82) is 0 Å². The lowest BCUT2D eigenvalue weighted by atomic mass is 10.0. The summed E-state index contributed by atoms with van der Waals surface area (Å²) in [5.41, 5.74) is 7.08. The molecule has 1 heterocycles. The van der Waals surface area contributed by atoms with Crippen LogP contribution in [0, 0.1) is 0 Å². The summed E-state index contributed by atoms with van der Waals surface area (Å²) < 4.78 is 5.33. The van der Waals surface area contributed by atoms with Crippen LogP contribution in [-0.2, 0) is 0 Å². The van der Waals surface area contributed by atoms with E-state index in [-0.39, 0.29) is 0 Å². The molecule has 0 atom stereocenters. The Morgan fingerprint density at radius 3 is 2.07 bits per heavy atom. The molecule has 6 heteroatoms. The summed E-state index contributed by atoms with van der Waals surface area (Å²) >= 11 is 0. The van der Waals surface area contributed by atoms with Gasteiger partial charge in [0.25, 0.3) is 5.95 Å². The second-order valence-electron chi connectivity index (χ2n) is 6.18. The van der Waals surface area contributed by atoms with E-state index < -0.39 is 0 Å². The highest BCUT2D eigenvalue weighted by molar-refractivity contribution is 5.84. The van der Waals surface area contributed by atoms with E-state index in [4.69, 9.17) is 4.74 Å². The van der Waals surface area contributed by atoms with E-state index in [2.05, 4.69) is 25.7 Å². The van der Waals surface area contributed by atoms with Crippen LogP contribution in [-0.4, -0.2) is 28.5 Å². The highest BCUT2D eigenvalue weighted by atomic mass is 16.5. The summed E-state index contributed by atoms with van der Waals surface area (Å²) in [4.78, 5) is 4.66. The molecule has 0 unspecified atom stereocenters. The van der Waals surface area contributed by atoms with Crippen LogP contribution in [0.4, 0.5) is 5.95 Å². The summed E-state index contributed by atoms with van der Waals surface area (Å²) in [6.45, 7) is 0. The first kappa shape index (κ1) is 18.3. The fraction of sp³-hybridized carbons (Fsp3) is 0.0435. The van der Waals surface area contributed by atoms with Gasteiger partial charge in [-0.05, 0) is 12.1 Å². The highest BCUT2D eigenvalue weighted by Gasteiger charge is 2.13. The SMILES string of the molecule is COc1ccccc1/C=N\Nc1nnc(-c2ccccc2)c(-c2ccccc2)n1. The zero-order valence-electron chi connectivity index (χ0n) is 15.9. The van der Waals surface area contributed by atoms with Crippen molar-refractivity contribution in [2.24, 2.45) is 5.10 Å². The van der Waals surface area contributed by atoms with E-state index in [0.29, 0.717) is 5.95 Å². The van der Waals surface area contributed by atoms with Crippen LogP contribution in [0.3, 0.4) is 0 Å². The smallest absolute Gasteiger partial charge is 0.263 e. The van der Waals surface area contributed by atoms with Crippen LogP contribution in [0.5, 0.6) is 5.75 Å². The number of benzene rings is 3. The van der Waals surface area contributed by atoms with Crippen LogP contribution in [0.15, 0.2) is 90.0 Å². The van der Waals surface area contributed by atoms with Crippen molar-refractivity contribution < 1.29 is 4.74 Å². The van der Waals surface area contributed by atoms with E-state index in [1.165, 1.54) is 0 Å². The molecule has 0 aliphatic heterocycles. The Bertz CT molecular complexity index is 1110. The van der Waals surface area contributed by atoms with Crippen LogP contribution in [0.2, 0.25) is 0 Å². The van der Waals surface area contributed by atoms with Gasteiger partial charge in [0.1, 0.15) is 17.1 Å². The summed E-state index contributed by atoms with van der Waals surface area (Å²) in [5.74, 6) is 1.05. The Morgan fingerprint density at radius 1 is 0.759 bits per heavy atom. The standard InChI is InChI=1S/C23H19N5O/c1-29-20-15-9-8-14-19(20)16-24-27-23-25-21(17-10-4-2-5-11-17)22(26-28-23)18-12-6-3-7-13-18/h2-16H,1H3,(H,25,27,28)/b24-16-. The van der Waals surface area contributed by atoms with Gasteiger partial charge in [-0.15, -0.1) is 10.2 Å². The number of aromatic nitrogens is 3. The molecule has 0 fully saturated rings. The minimum Gasteiger partial charge on any atom is -0.496 e. The maximum atomic E-state index is 5.33. The molecular weight excluding hydrogens is 362 g/mol. The number of nitrogens with zero attached hydrogens (tertiary/aromatic N) is 4. The van der Waals surface area contributed by atoms with Gasteiger partial charge in [-0.1, -0.05) is 72.8 Å². The van der Waals surface area contributed by atoms with E-state index in [1.807, 2.05) is 84.9 Å². The molecule has 0 saturated heterocycles. The molecular formula is C23H19N5O. The van der Waals surface area contributed by atoms with Crippen molar-refractivity contribution in [1.82, 2.24) is 15.2 Å². The number of hydrogen-bond acceptors (Lipinski definition) is 6. The molecule has 6 nitrogen and oxygen atoms in total. The lowest BCUT2D eigenvalue weighted by Crippen LogP contribution is -2.03. The molecule has 142 valence electrons. The zero-order chi connectivity index (χ0) is 19.9. The van der Waals surface area contributed by atoms with E-state index >= 15 is 0 Å². The van der Waals surface area contributed by atoms with Crippen LogP contribution >= 0.6 is 0 Å². The van der Waals surface area contributed by atoms with Gasteiger partial charge in [-0.25, -0.2) is 10.4 Å². The zero-order valence-corrected chi connectivity index (χ0v) is 15.9. The maximum Gasteiger partial charge on any atom is 0.263 e. The molecule has 0 aliphatic rings. The third kappa shape index (κ3) is 4.27. The number of ether oxygens (including phenoxy) is 1. The van der Waals surface area contributed by atoms with Crippen LogP contribution in [0.25, 0.3) is 22.5 Å². The van der Waals surface area contributed by atoms with Crippen molar-refractivity contribution in [2.45, 2.75) is 0 Å². The van der Waals surface area contributed by atoms with Crippen LogP contribution < -0.4 is 10.2 Å². The number of nitrogens with one attached hydrogen (secondary N) is 1. The molecule has 4 aromatic rings. The quantitative estimate of drug-likeness (QED) is 0.388. The first-order chi connectivity index (χ1) is 14.3. The average Bonchev–Trinajstić information content (AvgIpc) is 2.80. The summed E-state index contributed by atoms with van der Waals surface area (Å²) in [5, 5.41) is 12.8. The second kappa shape index (κ2) is 8.75. The fourth-order valence-electron chi connectivity index (χ4n) is 2.89. The Labute approximate surface area is 168 Å². The van der Waals surface area contributed by atoms with Crippen molar-refractivity contribution in [2.75, 3.05) is 12.5 Å². The van der Waals surface area contributed by atoms with Gasteiger partial charge in [0.15, 0.2) is 0 Å². The highest BCUT2D eigenvalue weighted by Crippen LogP contribution is 2.28. The molecule has 3 aromatic carbocycles. The number of anilines is 1. The van der Waals surface area contributed by atoms with Gasteiger partial charge in [0.2, 0.25) is 0 Å². The third-order valence-electron chi connectivity index (χ3n) is 4.29. The van der Waals surface area contributed by atoms with E-state index in [9.17, 15) is 0 Å². The fourth-order valence-corrected chi connectivity index (χ4v) is 2.89. The molecule has 29 heavy (non-hydrogen) atoms. The number of methoxy groups -OCH3 is 1. The Kier molecular flexibility index (Phi) is 5.53. The molecule has 4 rings (SSSR count). The van der Waals surface area contributed by atoms with Crippen molar-refractivity contribution in [3.8, 4) is 28.3 Å². The lowest BCUT2D eigenvalue weighted by molar-refractivity contribution is 0.414. The molecule has 1 aromatic heterocycles. The predicted molar refractivity (Wildman–Crippen MR) is 115 cm³/mol. The van der Waals surface area contributed by atoms with Crippen molar-refractivity contribution in [3.05, 3.63) is 90.5 Å². The third-order valence-corrected chi connectivity index (χ3v) is 4.29. The molecule has 1 N–H and O–H groups in total. The Hall–Kier alpha value is -4.06. The number of hydrogen-bond donors (Lipinski definition) is 1. The first-order valence-corrected chi connectivity index (χ1v) is 9.13. The van der Waals surface area contributed by atoms with Gasteiger partial charge in [-0.2, -0.15) is 5.10 Å². The molecule has 0 amide bonds. The Morgan fingerprint density at radius 2 is 1.38 bits per heavy atom. The number of hydrazone groups is 1. The first-order valence-electron chi connectivity index (χ1n) is 9.13. The van der Waals surface area contributed by atoms with Crippen molar-refractivity contribution >= 4 is 12.2 Å². The van der Waals surface area contributed by atoms with Gasteiger partial charge in [0.05, 0.1) is 13.3 Å². The summed E-state index contributed by atoms with van der Waals surface area (Å²) in [7, 11) is 1.63. The van der Waals surface area contributed by atoms with E-state index in [0.717, 1.165) is 33.8 Å². The summed E-state index contributed by atoms with van der Waals surface area (Å²) in [6, 6.07) is 27.4. The monoisotopic (exact) mass is 381 g/mol. The van der Waals surface area contributed by atoms with E-state index in [1.54, 1.807) is 13.3 Å². The largest absolute Gasteiger partial charge is 0.496 e. The second-order valence-corrected chi connectivity index (χ2v) is 6.18. The molecule has 0 bridgehead atoms. The van der Waals surface area contributed by atoms with Crippen LogP contribution in [0.1, 0.15) is 5.56 Å². The van der Waals surface area contributed by atoms with Crippen molar-refractivity contribution in [3.63, 3.8) is 0 Å². The topological polar surface area (TPSA) is 72.3 Å². The number of para-hydroxylation sites is 1. The van der Waals surface area contributed by atoms with Gasteiger partial charge >= 0.3 is 0 Å². The molecule has 0 spiro atoms. The lowest BCUT2D eigenvalue weighted by Gasteiger charge is -2.09. The van der Waals surface area contributed by atoms with Gasteiger partial charge in [-0.3, -0.25) is 0 Å². The van der Waals surface area contributed by atoms with Gasteiger partial charge < -0.3 is 4.74 Å². The Balaban J connectivity index is 1.66. The average molecular weight is 381 g/mol. The predicted octanol–water partition coefficient (Wildman–Crippen LogP) is 4.66. The maximum absolute atomic E-state index is 5.33. The molecule has 0 saturated carbocycles. The normalized spacial score (nSPS) is 10.8. The number of rotatable bonds is 6. The minimum atomic E-state index is 0.315. The van der Waals surface area contributed by atoms with Gasteiger partial charge in [0, 0.05) is 16.7 Å². The summed E-state index contributed by atoms with van der Waals surface area (Å²) in [6.07, 6.45) is 1.66.